The van der Waals surface area contributed by atoms with Gasteiger partial charge in [0, 0.05) is 55.9 Å². The van der Waals surface area contributed by atoms with E-state index in [1.807, 2.05) is 48.1 Å². The number of aromatic nitrogens is 3. The standard InChI is InChI=1S/C19H19N5O/c1-24-17-8-11-21-12-16(17)18(23-24)19(25)22-15-4-2-13(3-5-15)14-6-9-20-10-7-14/h2-7,9-10,21H,8,11-12H2,1H3,(H,22,25). The molecule has 0 radical (unpaired) electrons. The number of pyridine rings is 1. The Hall–Kier alpha value is -2.99. The average molecular weight is 333 g/mol. The molecule has 1 aliphatic heterocycles. The molecule has 0 bridgehead atoms. The van der Waals surface area contributed by atoms with E-state index in [0.29, 0.717) is 12.2 Å². The number of amides is 1. The summed E-state index contributed by atoms with van der Waals surface area (Å²) in [7, 11) is 1.89. The Balaban J connectivity index is 1.54. The normalized spacial score (nSPS) is 13.3. The molecule has 3 aromatic rings. The Bertz CT molecular complexity index is 900. The molecule has 0 unspecified atom stereocenters. The fraction of sp³-hybridized carbons (Fsp3) is 0.211. The third-order valence-corrected chi connectivity index (χ3v) is 4.49. The zero-order valence-corrected chi connectivity index (χ0v) is 14.0. The van der Waals surface area contributed by atoms with Gasteiger partial charge in [0.15, 0.2) is 5.69 Å². The van der Waals surface area contributed by atoms with Crippen LogP contribution in [0, 0.1) is 0 Å². The quantitative estimate of drug-likeness (QED) is 0.772. The lowest BCUT2D eigenvalue weighted by Gasteiger charge is -2.14. The predicted molar refractivity (Wildman–Crippen MR) is 96.2 cm³/mol. The molecule has 0 saturated heterocycles. The average Bonchev–Trinajstić information content (AvgIpc) is 3.00. The summed E-state index contributed by atoms with van der Waals surface area (Å²) in [4.78, 5) is 16.7. The molecule has 1 aromatic carbocycles. The lowest BCUT2D eigenvalue weighted by molar-refractivity contribution is 0.102. The monoisotopic (exact) mass is 333 g/mol. The zero-order chi connectivity index (χ0) is 17.2. The van der Waals surface area contributed by atoms with Crippen LogP contribution in [0.15, 0.2) is 48.8 Å². The molecule has 126 valence electrons. The second-order valence-corrected chi connectivity index (χ2v) is 6.09. The number of hydrogen-bond acceptors (Lipinski definition) is 4. The maximum atomic E-state index is 12.6. The maximum Gasteiger partial charge on any atom is 0.276 e. The number of fused-ring (bicyclic) bond motifs is 1. The van der Waals surface area contributed by atoms with Crippen LogP contribution in [0.5, 0.6) is 0 Å². The summed E-state index contributed by atoms with van der Waals surface area (Å²) in [6.07, 6.45) is 4.43. The van der Waals surface area contributed by atoms with Crippen LogP contribution in [-0.4, -0.2) is 27.2 Å². The number of carbonyl (C=O) groups is 1. The van der Waals surface area contributed by atoms with Gasteiger partial charge in [0.1, 0.15) is 0 Å². The lowest BCUT2D eigenvalue weighted by Crippen LogP contribution is -2.26. The molecule has 1 aliphatic rings. The van der Waals surface area contributed by atoms with Crippen LogP contribution < -0.4 is 10.6 Å². The number of aryl methyl sites for hydroxylation is 1. The molecule has 4 rings (SSSR count). The van der Waals surface area contributed by atoms with Crippen molar-refractivity contribution in [3.63, 3.8) is 0 Å². The van der Waals surface area contributed by atoms with Crippen molar-refractivity contribution < 1.29 is 4.79 Å². The second-order valence-electron chi connectivity index (χ2n) is 6.09. The van der Waals surface area contributed by atoms with E-state index in [1.165, 1.54) is 0 Å². The summed E-state index contributed by atoms with van der Waals surface area (Å²) in [5.74, 6) is -0.169. The van der Waals surface area contributed by atoms with Crippen molar-refractivity contribution in [2.75, 3.05) is 11.9 Å². The summed E-state index contributed by atoms with van der Waals surface area (Å²) in [6, 6.07) is 11.7. The molecule has 0 atom stereocenters. The Morgan fingerprint density at radius 3 is 2.60 bits per heavy atom. The van der Waals surface area contributed by atoms with Gasteiger partial charge in [-0.1, -0.05) is 12.1 Å². The number of rotatable bonds is 3. The smallest absolute Gasteiger partial charge is 0.276 e. The van der Waals surface area contributed by atoms with E-state index in [2.05, 4.69) is 20.7 Å². The summed E-state index contributed by atoms with van der Waals surface area (Å²) in [5.41, 5.74) is 5.57. The van der Waals surface area contributed by atoms with Crippen molar-refractivity contribution in [2.45, 2.75) is 13.0 Å². The van der Waals surface area contributed by atoms with Gasteiger partial charge in [-0.25, -0.2) is 0 Å². The van der Waals surface area contributed by atoms with E-state index in [9.17, 15) is 4.79 Å². The molecule has 0 fully saturated rings. The van der Waals surface area contributed by atoms with Crippen LogP contribution in [0.1, 0.15) is 21.7 Å². The molecular formula is C19H19N5O. The van der Waals surface area contributed by atoms with Crippen LogP contribution in [0.2, 0.25) is 0 Å². The topological polar surface area (TPSA) is 71.8 Å². The Kier molecular flexibility index (Phi) is 4.03. The van der Waals surface area contributed by atoms with Crippen molar-refractivity contribution in [3.05, 3.63) is 65.7 Å². The third kappa shape index (κ3) is 3.04. The molecule has 2 aromatic heterocycles. The minimum atomic E-state index is -0.169. The molecule has 6 nitrogen and oxygen atoms in total. The molecule has 3 heterocycles. The zero-order valence-electron chi connectivity index (χ0n) is 14.0. The molecular weight excluding hydrogens is 314 g/mol. The number of hydrogen-bond donors (Lipinski definition) is 2. The summed E-state index contributed by atoms with van der Waals surface area (Å²) < 4.78 is 1.82. The number of nitrogens with zero attached hydrogens (tertiary/aromatic N) is 3. The Morgan fingerprint density at radius 2 is 1.84 bits per heavy atom. The van der Waals surface area contributed by atoms with Crippen LogP contribution in [0.4, 0.5) is 5.69 Å². The van der Waals surface area contributed by atoms with Gasteiger partial charge in [-0.2, -0.15) is 5.10 Å². The first-order valence-corrected chi connectivity index (χ1v) is 8.29. The highest BCUT2D eigenvalue weighted by Crippen LogP contribution is 2.22. The molecule has 0 saturated carbocycles. The first-order valence-electron chi connectivity index (χ1n) is 8.29. The number of nitrogens with one attached hydrogen (secondary N) is 2. The number of benzene rings is 1. The van der Waals surface area contributed by atoms with Crippen molar-refractivity contribution >= 4 is 11.6 Å². The van der Waals surface area contributed by atoms with E-state index in [4.69, 9.17) is 0 Å². The predicted octanol–water partition coefficient (Wildman–Crippen LogP) is 2.38. The molecule has 6 heteroatoms. The highest BCUT2D eigenvalue weighted by molar-refractivity contribution is 6.04. The van der Waals surface area contributed by atoms with E-state index in [-0.39, 0.29) is 5.91 Å². The molecule has 25 heavy (non-hydrogen) atoms. The first-order chi connectivity index (χ1) is 12.2. The van der Waals surface area contributed by atoms with Gasteiger partial charge in [0.2, 0.25) is 0 Å². The van der Waals surface area contributed by atoms with Crippen LogP contribution in [0.25, 0.3) is 11.1 Å². The molecule has 0 aliphatic carbocycles. The fourth-order valence-corrected chi connectivity index (χ4v) is 3.18. The summed E-state index contributed by atoms with van der Waals surface area (Å²) >= 11 is 0. The number of anilines is 1. The second kappa shape index (κ2) is 6.49. The highest BCUT2D eigenvalue weighted by Gasteiger charge is 2.23. The SMILES string of the molecule is Cn1nc(C(=O)Nc2ccc(-c3ccncc3)cc2)c2c1CCNC2. The molecule has 1 amide bonds. The maximum absolute atomic E-state index is 12.6. The van der Waals surface area contributed by atoms with Gasteiger partial charge in [-0.05, 0) is 35.4 Å². The summed E-state index contributed by atoms with van der Waals surface area (Å²) in [5, 5.41) is 10.7. The van der Waals surface area contributed by atoms with Gasteiger partial charge in [0.25, 0.3) is 5.91 Å². The van der Waals surface area contributed by atoms with Crippen molar-refractivity contribution in [3.8, 4) is 11.1 Å². The summed E-state index contributed by atoms with van der Waals surface area (Å²) in [6.45, 7) is 1.61. The van der Waals surface area contributed by atoms with Gasteiger partial charge in [-0.15, -0.1) is 0 Å². The van der Waals surface area contributed by atoms with Crippen LogP contribution in [-0.2, 0) is 20.0 Å². The minimum absolute atomic E-state index is 0.169. The van der Waals surface area contributed by atoms with Crippen molar-refractivity contribution in [1.82, 2.24) is 20.1 Å². The van der Waals surface area contributed by atoms with Gasteiger partial charge in [0.05, 0.1) is 0 Å². The Morgan fingerprint density at radius 1 is 1.12 bits per heavy atom. The van der Waals surface area contributed by atoms with E-state index in [0.717, 1.165) is 41.0 Å². The number of carbonyl (C=O) groups excluding carboxylic acids is 1. The van der Waals surface area contributed by atoms with Gasteiger partial charge < -0.3 is 10.6 Å². The highest BCUT2D eigenvalue weighted by atomic mass is 16.2. The molecule has 2 N–H and O–H groups in total. The lowest BCUT2D eigenvalue weighted by atomic mass is 10.1. The Labute approximate surface area is 145 Å². The van der Waals surface area contributed by atoms with Crippen LogP contribution in [0.3, 0.4) is 0 Å². The van der Waals surface area contributed by atoms with E-state index < -0.39 is 0 Å². The van der Waals surface area contributed by atoms with E-state index in [1.54, 1.807) is 12.4 Å². The van der Waals surface area contributed by atoms with Crippen molar-refractivity contribution in [1.29, 1.82) is 0 Å². The van der Waals surface area contributed by atoms with Crippen LogP contribution >= 0.6 is 0 Å². The van der Waals surface area contributed by atoms with Gasteiger partial charge >= 0.3 is 0 Å². The molecule has 0 spiro atoms. The largest absolute Gasteiger partial charge is 0.321 e. The minimum Gasteiger partial charge on any atom is -0.321 e. The fourth-order valence-electron chi connectivity index (χ4n) is 3.18. The van der Waals surface area contributed by atoms with Crippen molar-refractivity contribution in [2.24, 2.45) is 7.05 Å². The van der Waals surface area contributed by atoms with E-state index >= 15 is 0 Å². The van der Waals surface area contributed by atoms with Gasteiger partial charge in [-0.3, -0.25) is 14.5 Å². The third-order valence-electron chi connectivity index (χ3n) is 4.49. The first kappa shape index (κ1) is 15.5.